The second-order valence-electron chi connectivity index (χ2n) is 8.15. The number of carbonyl (C=O) groups excluding carboxylic acids is 1. The number of ether oxygens (including phenoxy) is 2. The molecule has 150 valence electrons. The van der Waals surface area contributed by atoms with Crippen LogP contribution in [0.25, 0.3) is 0 Å². The molecule has 6 heteroatoms. The van der Waals surface area contributed by atoms with Crippen molar-refractivity contribution in [3.8, 4) is 5.75 Å². The maximum Gasteiger partial charge on any atom is 0.269 e. The van der Waals surface area contributed by atoms with E-state index in [0.29, 0.717) is 18.7 Å². The first kappa shape index (κ1) is 19.0. The first-order chi connectivity index (χ1) is 13.4. The highest BCUT2D eigenvalue weighted by Crippen LogP contribution is 2.46. The first-order valence-corrected chi connectivity index (χ1v) is 10.1. The molecule has 1 N–H and O–H groups in total. The van der Waals surface area contributed by atoms with Gasteiger partial charge in [0.25, 0.3) is 5.91 Å². The third-order valence-electron chi connectivity index (χ3n) is 6.28. The maximum absolute atomic E-state index is 13.1. The fraction of sp³-hybridized carbons (Fsp3) is 0.545. The van der Waals surface area contributed by atoms with Gasteiger partial charge >= 0.3 is 0 Å². The molecule has 2 heterocycles. The lowest BCUT2D eigenvalue weighted by Gasteiger charge is -2.43. The van der Waals surface area contributed by atoms with Crippen LogP contribution in [0.2, 0.25) is 0 Å². The predicted molar refractivity (Wildman–Crippen MR) is 107 cm³/mol. The molecular formula is C22H29N3O3. The number of fused-ring (bicyclic) bond motifs is 1. The number of para-hydroxylation sites is 1. The highest BCUT2D eigenvalue weighted by molar-refractivity contribution is 5.94. The number of hydrogen-bond donors (Lipinski definition) is 1. The quantitative estimate of drug-likeness (QED) is 0.860. The van der Waals surface area contributed by atoms with Gasteiger partial charge in [-0.1, -0.05) is 24.6 Å². The summed E-state index contributed by atoms with van der Waals surface area (Å²) in [4.78, 5) is 13.1. The van der Waals surface area contributed by atoms with Crippen LogP contribution in [0.3, 0.4) is 0 Å². The van der Waals surface area contributed by atoms with E-state index in [9.17, 15) is 4.79 Å². The summed E-state index contributed by atoms with van der Waals surface area (Å²) in [5.74, 6) is 0.841. The van der Waals surface area contributed by atoms with Crippen LogP contribution in [0.4, 0.5) is 0 Å². The van der Waals surface area contributed by atoms with E-state index >= 15 is 0 Å². The number of aryl methyl sites for hydroxylation is 1. The lowest BCUT2D eigenvalue weighted by molar-refractivity contribution is -0.00710. The van der Waals surface area contributed by atoms with Crippen molar-refractivity contribution < 1.29 is 14.3 Å². The van der Waals surface area contributed by atoms with Gasteiger partial charge in [0.2, 0.25) is 0 Å². The Labute approximate surface area is 166 Å². The number of nitrogens with one attached hydrogen (secondary N) is 1. The van der Waals surface area contributed by atoms with Crippen molar-refractivity contribution in [2.24, 2.45) is 7.05 Å². The Morgan fingerprint density at radius 1 is 1.36 bits per heavy atom. The smallest absolute Gasteiger partial charge is 0.269 e. The van der Waals surface area contributed by atoms with Gasteiger partial charge in [0, 0.05) is 36.6 Å². The van der Waals surface area contributed by atoms with Crippen molar-refractivity contribution in [3.05, 3.63) is 46.8 Å². The Morgan fingerprint density at radius 2 is 2.11 bits per heavy atom. The van der Waals surface area contributed by atoms with E-state index in [-0.39, 0.29) is 23.5 Å². The molecule has 0 bridgehead atoms. The number of carbonyl (C=O) groups is 1. The Bertz CT molecular complexity index is 885. The topological polar surface area (TPSA) is 65.4 Å². The van der Waals surface area contributed by atoms with Gasteiger partial charge in [0.05, 0.1) is 25.0 Å². The van der Waals surface area contributed by atoms with Gasteiger partial charge in [0.15, 0.2) is 0 Å². The summed E-state index contributed by atoms with van der Waals surface area (Å²) in [6.45, 7) is 4.64. The number of hydrogen-bond acceptors (Lipinski definition) is 4. The molecule has 1 aliphatic heterocycles. The molecular weight excluding hydrogens is 354 g/mol. The van der Waals surface area contributed by atoms with Crippen LogP contribution in [-0.2, 0) is 23.6 Å². The van der Waals surface area contributed by atoms with Crippen molar-refractivity contribution in [2.75, 3.05) is 13.7 Å². The number of rotatable bonds is 5. The standard InChI is InChI=1S/C22H29N3O3/c1-14-12-16-19(15(2)28-14)24-25(3)20(16)21(26)23-13-22(10-7-11-22)17-8-5-6-9-18(17)27-4/h5-6,8-9,14-15H,7,10-13H2,1-4H3,(H,23,26)/t14-,15+/m1/s1. The van der Waals surface area contributed by atoms with Gasteiger partial charge in [0.1, 0.15) is 11.4 Å². The van der Waals surface area contributed by atoms with Gasteiger partial charge in [-0.3, -0.25) is 9.48 Å². The Morgan fingerprint density at radius 3 is 2.79 bits per heavy atom. The van der Waals surface area contributed by atoms with Gasteiger partial charge < -0.3 is 14.8 Å². The molecule has 2 aliphatic rings. The van der Waals surface area contributed by atoms with Gasteiger partial charge in [-0.05, 0) is 32.8 Å². The van der Waals surface area contributed by atoms with E-state index in [1.807, 2.05) is 39.1 Å². The second-order valence-corrected chi connectivity index (χ2v) is 8.15. The van der Waals surface area contributed by atoms with Crippen molar-refractivity contribution in [1.82, 2.24) is 15.1 Å². The number of nitrogens with zero attached hydrogens (tertiary/aromatic N) is 2. The van der Waals surface area contributed by atoms with Crippen molar-refractivity contribution in [1.29, 1.82) is 0 Å². The SMILES string of the molecule is COc1ccccc1C1(CNC(=O)c2c3c(nn2C)[C@H](C)O[C@H](C)C3)CCC1. The van der Waals surface area contributed by atoms with Crippen LogP contribution >= 0.6 is 0 Å². The number of aromatic nitrogens is 2. The molecule has 1 aliphatic carbocycles. The minimum Gasteiger partial charge on any atom is -0.496 e. The molecule has 1 aromatic heterocycles. The molecule has 0 unspecified atom stereocenters. The number of amides is 1. The lowest BCUT2D eigenvalue weighted by atomic mass is 9.64. The molecule has 1 aromatic carbocycles. The van der Waals surface area contributed by atoms with Crippen LogP contribution in [0.1, 0.15) is 66.5 Å². The minimum atomic E-state index is -0.0851. The van der Waals surface area contributed by atoms with E-state index in [1.54, 1.807) is 11.8 Å². The summed E-state index contributed by atoms with van der Waals surface area (Å²) in [5, 5.41) is 7.76. The third kappa shape index (κ3) is 3.09. The molecule has 0 saturated heterocycles. The van der Waals surface area contributed by atoms with Gasteiger partial charge in [-0.25, -0.2) is 0 Å². The molecule has 28 heavy (non-hydrogen) atoms. The largest absolute Gasteiger partial charge is 0.496 e. The van der Waals surface area contributed by atoms with Crippen LogP contribution in [0.5, 0.6) is 5.75 Å². The highest BCUT2D eigenvalue weighted by atomic mass is 16.5. The maximum atomic E-state index is 13.1. The molecule has 2 aromatic rings. The molecule has 0 spiro atoms. The molecule has 2 atom stereocenters. The fourth-order valence-corrected chi connectivity index (χ4v) is 4.71. The summed E-state index contributed by atoms with van der Waals surface area (Å²) in [7, 11) is 3.54. The summed E-state index contributed by atoms with van der Waals surface area (Å²) in [6.07, 6.45) is 4.00. The van der Waals surface area contributed by atoms with Crippen molar-refractivity contribution in [2.45, 2.75) is 57.2 Å². The van der Waals surface area contributed by atoms with Crippen LogP contribution in [0, 0.1) is 0 Å². The third-order valence-corrected chi connectivity index (χ3v) is 6.28. The average Bonchev–Trinajstić information content (AvgIpc) is 2.97. The van der Waals surface area contributed by atoms with Gasteiger partial charge in [-0.15, -0.1) is 0 Å². The van der Waals surface area contributed by atoms with Crippen LogP contribution in [-0.4, -0.2) is 35.4 Å². The Balaban J connectivity index is 1.57. The van der Waals surface area contributed by atoms with Crippen molar-refractivity contribution in [3.63, 3.8) is 0 Å². The minimum absolute atomic E-state index is 0.0510. The Kier molecular flexibility index (Phi) is 4.91. The number of methoxy groups -OCH3 is 1. The van der Waals surface area contributed by atoms with E-state index < -0.39 is 0 Å². The molecule has 1 fully saturated rings. The second kappa shape index (κ2) is 7.24. The summed E-state index contributed by atoms with van der Waals surface area (Å²) in [5.41, 5.74) is 3.70. The predicted octanol–water partition coefficient (Wildman–Crippen LogP) is 3.30. The summed E-state index contributed by atoms with van der Waals surface area (Å²) >= 11 is 0. The normalized spacial score (nSPS) is 22.9. The van der Waals surface area contributed by atoms with Crippen LogP contribution in [0.15, 0.2) is 24.3 Å². The van der Waals surface area contributed by atoms with E-state index in [1.165, 1.54) is 12.0 Å². The Hall–Kier alpha value is -2.34. The van der Waals surface area contributed by atoms with E-state index in [2.05, 4.69) is 16.5 Å². The molecule has 4 rings (SSSR count). The summed E-state index contributed by atoms with van der Waals surface area (Å²) in [6, 6.07) is 8.15. The van der Waals surface area contributed by atoms with Crippen LogP contribution < -0.4 is 10.1 Å². The first-order valence-electron chi connectivity index (χ1n) is 10.1. The zero-order valence-corrected chi connectivity index (χ0v) is 17.1. The molecule has 6 nitrogen and oxygen atoms in total. The zero-order chi connectivity index (χ0) is 19.9. The summed E-state index contributed by atoms with van der Waals surface area (Å²) < 4.78 is 13.1. The van der Waals surface area contributed by atoms with Crippen molar-refractivity contribution >= 4 is 5.91 Å². The number of benzene rings is 1. The fourth-order valence-electron chi connectivity index (χ4n) is 4.71. The average molecular weight is 383 g/mol. The molecule has 0 radical (unpaired) electrons. The highest BCUT2D eigenvalue weighted by Gasteiger charge is 2.41. The monoisotopic (exact) mass is 383 g/mol. The molecule has 1 saturated carbocycles. The van der Waals surface area contributed by atoms with Gasteiger partial charge in [-0.2, -0.15) is 5.10 Å². The molecule has 1 amide bonds. The zero-order valence-electron chi connectivity index (χ0n) is 17.1. The van der Waals surface area contributed by atoms with E-state index in [4.69, 9.17) is 9.47 Å². The lowest BCUT2D eigenvalue weighted by Crippen LogP contribution is -2.46. The van der Waals surface area contributed by atoms with E-state index in [0.717, 1.165) is 29.8 Å².